The lowest BCUT2D eigenvalue weighted by atomic mass is 10.1. The summed E-state index contributed by atoms with van der Waals surface area (Å²) in [6, 6.07) is 7.55. The van der Waals surface area contributed by atoms with Gasteiger partial charge in [0.15, 0.2) is 0 Å². The predicted molar refractivity (Wildman–Crippen MR) is 70.4 cm³/mol. The molecule has 0 aliphatic rings. The standard InChI is InChI=1S/C14H20N2O2/c1-3-6-16(7-8-17)11-13-5-4-12(10-15)9-14(13)18-2/h4-5,9,17H,3,6-8,11H2,1-2H3. The molecule has 1 aromatic carbocycles. The van der Waals surface area contributed by atoms with Gasteiger partial charge in [0.2, 0.25) is 0 Å². The average molecular weight is 248 g/mol. The molecule has 4 heteroatoms. The Hall–Kier alpha value is -1.57. The Morgan fingerprint density at radius 3 is 2.72 bits per heavy atom. The van der Waals surface area contributed by atoms with Gasteiger partial charge < -0.3 is 9.84 Å². The van der Waals surface area contributed by atoms with Crippen LogP contribution in [-0.4, -0.2) is 36.8 Å². The van der Waals surface area contributed by atoms with Crippen LogP contribution >= 0.6 is 0 Å². The minimum atomic E-state index is 0.151. The molecule has 0 atom stereocenters. The fourth-order valence-electron chi connectivity index (χ4n) is 1.91. The van der Waals surface area contributed by atoms with Crippen LogP contribution in [0.25, 0.3) is 0 Å². The average Bonchev–Trinajstić information content (AvgIpc) is 2.39. The van der Waals surface area contributed by atoms with Crippen LogP contribution in [0, 0.1) is 11.3 Å². The molecule has 0 unspecified atom stereocenters. The Morgan fingerprint density at radius 2 is 2.17 bits per heavy atom. The highest BCUT2D eigenvalue weighted by Crippen LogP contribution is 2.21. The van der Waals surface area contributed by atoms with E-state index in [0.29, 0.717) is 12.1 Å². The van der Waals surface area contributed by atoms with E-state index in [1.165, 1.54) is 0 Å². The smallest absolute Gasteiger partial charge is 0.124 e. The monoisotopic (exact) mass is 248 g/mol. The number of hydrogen-bond acceptors (Lipinski definition) is 4. The van der Waals surface area contributed by atoms with Gasteiger partial charge in [-0.15, -0.1) is 0 Å². The highest BCUT2D eigenvalue weighted by Gasteiger charge is 2.09. The molecule has 0 bridgehead atoms. The molecule has 0 aromatic heterocycles. The molecule has 1 N–H and O–H groups in total. The Morgan fingerprint density at radius 1 is 1.39 bits per heavy atom. The summed E-state index contributed by atoms with van der Waals surface area (Å²) >= 11 is 0. The molecule has 0 aliphatic heterocycles. The van der Waals surface area contributed by atoms with Gasteiger partial charge in [-0.2, -0.15) is 5.26 Å². The summed E-state index contributed by atoms with van der Waals surface area (Å²) in [5.74, 6) is 0.730. The number of aliphatic hydroxyl groups excluding tert-OH is 1. The second-order valence-electron chi connectivity index (χ2n) is 4.14. The van der Waals surface area contributed by atoms with Gasteiger partial charge in [-0.05, 0) is 25.1 Å². The lowest BCUT2D eigenvalue weighted by molar-refractivity contribution is 0.189. The third-order valence-corrected chi connectivity index (χ3v) is 2.77. The van der Waals surface area contributed by atoms with Crippen molar-refractivity contribution in [2.24, 2.45) is 0 Å². The molecule has 0 radical (unpaired) electrons. The number of ether oxygens (including phenoxy) is 1. The first kappa shape index (κ1) is 14.5. The molecule has 0 aliphatic carbocycles. The van der Waals surface area contributed by atoms with Crippen LogP contribution in [0.5, 0.6) is 5.75 Å². The van der Waals surface area contributed by atoms with Crippen molar-refractivity contribution in [3.05, 3.63) is 29.3 Å². The van der Waals surface area contributed by atoms with Gasteiger partial charge in [-0.3, -0.25) is 4.90 Å². The van der Waals surface area contributed by atoms with E-state index >= 15 is 0 Å². The Balaban J connectivity index is 2.84. The van der Waals surface area contributed by atoms with E-state index in [0.717, 1.165) is 30.8 Å². The molecule has 0 spiro atoms. The van der Waals surface area contributed by atoms with Crippen molar-refractivity contribution >= 4 is 0 Å². The molecule has 0 saturated carbocycles. The van der Waals surface area contributed by atoms with E-state index in [1.807, 2.05) is 6.07 Å². The molecule has 98 valence electrons. The molecule has 0 saturated heterocycles. The Bertz CT molecular complexity index is 407. The maximum absolute atomic E-state index is 9.03. The largest absolute Gasteiger partial charge is 0.496 e. The van der Waals surface area contributed by atoms with Crippen molar-refractivity contribution in [1.29, 1.82) is 5.26 Å². The van der Waals surface area contributed by atoms with Gasteiger partial charge in [-0.1, -0.05) is 13.0 Å². The van der Waals surface area contributed by atoms with Crippen molar-refractivity contribution in [3.63, 3.8) is 0 Å². The van der Waals surface area contributed by atoms with Crippen molar-refractivity contribution in [2.45, 2.75) is 19.9 Å². The second-order valence-corrected chi connectivity index (χ2v) is 4.14. The summed E-state index contributed by atoms with van der Waals surface area (Å²) in [6.45, 7) is 4.57. The van der Waals surface area contributed by atoms with E-state index in [2.05, 4.69) is 17.9 Å². The van der Waals surface area contributed by atoms with E-state index in [-0.39, 0.29) is 6.61 Å². The first-order valence-electron chi connectivity index (χ1n) is 6.15. The maximum atomic E-state index is 9.03. The molecule has 18 heavy (non-hydrogen) atoms. The highest BCUT2D eigenvalue weighted by molar-refractivity contribution is 5.42. The zero-order valence-electron chi connectivity index (χ0n) is 11.0. The third kappa shape index (κ3) is 4.02. The fraction of sp³-hybridized carbons (Fsp3) is 0.500. The van der Waals surface area contributed by atoms with Crippen LogP contribution < -0.4 is 4.74 Å². The van der Waals surface area contributed by atoms with Crippen LogP contribution in [0.3, 0.4) is 0 Å². The van der Waals surface area contributed by atoms with Gasteiger partial charge >= 0.3 is 0 Å². The number of benzene rings is 1. The van der Waals surface area contributed by atoms with Crippen molar-refractivity contribution in [2.75, 3.05) is 26.8 Å². The molecule has 1 rings (SSSR count). The minimum absolute atomic E-state index is 0.151. The molecule has 0 fully saturated rings. The zero-order chi connectivity index (χ0) is 13.4. The first-order chi connectivity index (χ1) is 8.74. The lowest BCUT2D eigenvalue weighted by Gasteiger charge is -2.21. The first-order valence-corrected chi connectivity index (χ1v) is 6.15. The third-order valence-electron chi connectivity index (χ3n) is 2.77. The van der Waals surface area contributed by atoms with Crippen LogP contribution in [0.1, 0.15) is 24.5 Å². The SMILES string of the molecule is CCCN(CCO)Cc1ccc(C#N)cc1OC. The van der Waals surface area contributed by atoms with E-state index in [4.69, 9.17) is 15.1 Å². The fourth-order valence-corrected chi connectivity index (χ4v) is 1.91. The zero-order valence-corrected chi connectivity index (χ0v) is 11.0. The molecule has 1 aromatic rings. The van der Waals surface area contributed by atoms with E-state index < -0.39 is 0 Å². The summed E-state index contributed by atoms with van der Waals surface area (Å²) in [4.78, 5) is 2.17. The lowest BCUT2D eigenvalue weighted by Crippen LogP contribution is -2.27. The predicted octanol–water partition coefficient (Wildman–Crippen LogP) is 1.77. The summed E-state index contributed by atoms with van der Waals surface area (Å²) in [5, 5.41) is 17.9. The van der Waals surface area contributed by atoms with Crippen LogP contribution in [-0.2, 0) is 6.54 Å². The number of hydrogen-bond donors (Lipinski definition) is 1. The summed E-state index contributed by atoms with van der Waals surface area (Å²) in [5.41, 5.74) is 1.64. The Kier molecular flexibility index (Phi) is 6.20. The van der Waals surface area contributed by atoms with Gasteiger partial charge in [-0.25, -0.2) is 0 Å². The van der Waals surface area contributed by atoms with Crippen molar-refractivity contribution < 1.29 is 9.84 Å². The van der Waals surface area contributed by atoms with Crippen LogP contribution in [0.15, 0.2) is 18.2 Å². The quantitative estimate of drug-likeness (QED) is 0.799. The van der Waals surface area contributed by atoms with E-state index in [1.54, 1.807) is 19.2 Å². The molecule has 4 nitrogen and oxygen atoms in total. The summed E-state index contributed by atoms with van der Waals surface area (Å²) in [6.07, 6.45) is 1.04. The van der Waals surface area contributed by atoms with Gasteiger partial charge in [0.1, 0.15) is 5.75 Å². The highest BCUT2D eigenvalue weighted by atomic mass is 16.5. The molecule has 0 heterocycles. The number of methoxy groups -OCH3 is 1. The van der Waals surface area contributed by atoms with Crippen molar-refractivity contribution in [3.8, 4) is 11.8 Å². The van der Waals surface area contributed by atoms with Crippen LogP contribution in [0.2, 0.25) is 0 Å². The summed E-state index contributed by atoms with van der Waals surface area (Å²) in [7, 11) is 1.61. The normalized spacial score (nSPS) is 10.4. The molecule has 0 amide bonds. The number of rotatable bonds is 7. The van der Waals surface area contributed by atoms with Gasteiger partial charge in [0.05, 0.1) is 25.3 Å². The number of aliphatic hydroxyl groups is 1. The van der Waals surface area contributed by atoms with Gasteiger partial charge in [0.25, 0.3) is 0 Å². The van der Waals surface area contributed by atoms with Gasteiger partial charge in [0, 0.05) is 18.7 Å². The number of nitriles is 1. The minimum Gasteiger partial charge on any atom is -0.496 e. The van der Waals surface area contributed by atoms with Crippen molar-refractivity contribution in [1.82, 2.24) is 4.90 Å². The molecular weight excluding hydrogens is 228 g/mol. The molecular formula is C14H20N2O2. The topological polar surface area (TPSA) is 56.5 Å². The maximum Gasteiger partial charge on any atom is 0.124 e. The summed E-state index contributed by atoms with van der Waals surface area (Å²) < 4.78 is 5.30. The van der Waals surface area contributed by atoms with E-state index in [9.17, 15) is 0 Å². The second kappa shape index (κ2) is 7.70. The number of nitrogens with zero attached hydrogens (tertiary/aromatic N) is 2. The van der Waals surface area contributed by atoms with Crippen LogP contribution in [0.4, 0.5) is 0 Å². The Labute approximate surface area is 108 Å².